The summed E-state index contributed by atoms with van der Waals surface area (Å²) in [6.45, 7) is 13.9. The van der Waals surface area contributed by atoms with Crippen LogP contribution < -0.4 is 25.2 Å². The normalized spacial score (nSPS) is 17.4. The van der Waals surface area contributed by atoms with Crippen LogP contribution in [0.2, 0.25) is 5.02 Å². The van der Waals surface area contributed by atoms with Gasteiger partial charge in [0.2, 0.25) is 17.7 Å². The van der Waals surface area contributed by atoms with Gasteiger partial charge in [-0.3, -0.25) is 29.1 Å². The highest BCUT2D eigenvalue weighted by Crippen LogP contribution is 2.39. The number of likely N-dealkylation sites (tertiary alicyclic amines) is 1. The average Bonchev–Trinajstić information content (AvgIpc) is 4.02. The Kier molecular flexibility index (Phi) is 17.5. The molecule has 3 aromatic carbocycles. The van der Waals surface area contributed by atoms with Gasteiger partial charge in [-0.15, -0.1) is 0 Å². The van der Waals surface area contributed by atoms with E-state index in [2.05, 4.69) is 27.3 Å². The van der Waals surface area contributed by atoms with Gasteiger partial charge in [-0.05, 0) is 92.9 Å². The van der Waals surface area contributed by atoms with Gasteiger partial charge >= 0.3 is 0 Å². The molecule has 0 saturated carbocycles. The number of anilines is 2. The Morgan fingerprint density at radius 3 is 2.41 bits per heavy atom. The van der Waals surface area contributed by atoms with E-state index >= 15 is 4.39 Å². The van der Waals surface area contributed by atoms with Crippen LogP contribution in [-0.2, 0) is 41.7 Å². The number of hydrogen-bond acceptors (Lipinski definition) is 12. The van der Waals surface area contributed by atoms with Crippen molar-refractivity contribution in [3.8, 4) is 17.1 Å². The highest BCUT2D eigenvalue weighted by atomic mass is 35.5. The summed E-state index contributed by atoms with van der Waals surface area (Å²) in [6.07, 6.45) is 3.92. The van der Waals surface area contributed by atoms with Crippen molar-refractivity contribution in [2.24, 2.45) is 10.4 Å². The number of β-amino-alcohol motifs (C(OH)–C–C–N with tert-alkyl or cyclic N) is 1. The zero-order valence-corrected chi connectivity index (χ0v) is 40.5. The number of aromatic nitrogens is 1. The van der Waals surface area contributed by atoms with E-state index in [1.807, 2.05) is 45.0 Å². The molecule has 2 aliphatic rings. The minimum atomic E-state index is -1.11. The second-order valence-electron chi connectivity index (χ2n) is 18.2. The van der Waals surface area contributed by atoms with Gasteiger partial charge in [-0.1, -0.05) is 62.7 Å². The topological polar surface area (TPSA) is 188 Å². The summed E-state index contributed by atoms with van der Waals surface area (Å²) in [5.74, 6) is -1.55. The number of unbranched alkanes of at least 4 members (excludes halogenated alkanes) is 1. The fourth-order valence-corrected chi connectivity index (χ4v) is 8.68. The van der Waals surface area contributed by atoms with Crippen LogP contribution >= 0.6 is 23.8 Å². The Bertz CT molecular complexity index is 2430. The maximum Gasteiger partial charge on any atom is 0.259 e. The monoisotopic (exact) mass is 975 g/mol. The van der Waals surface area contributed by atoms with Crippen molar-refractivity contribution >= 4 is 70.7 Å². The molecule has 2 aliphatic heterocycles. The van der Waals surface area contributed by atoms with Crippen LogP contribution in [0.4, 0.5) is 15.8 Å². The molecule has 1 aromatic heterocycles. The minimum Gasteiger partial charge on any atom is -0.491 e. The molecule has 16 nitrogen and oxygen atoms in total. The first kappa shape index (κ1) is 51.6. The van der Waals surface area contributed by atoms with Crippen LogP contribution in [0.1, 0.15) is 71.4 Å². The molecule has 4 aromatic rings. The molecular formula is C49H59ClFN7O9S. The Morgan fingerprint density at radius 1 is 1.03 bits per heavy atom. The summed E-state index contributed by atoms with van der Waals surface area (Å²) in [5.41, 5.74) is 1.50. The lowest BCUT2D eigenvalue weighted by Crippen LogP contribution is -2.58. The lowest BCUT2D eigenvalue weighted by molar-refractivity contribution is -0.144. The number of aliphatic hydroxyl groups excluding tert-OH is 1. The van der Waals surface area contributed by atoms with Crippen molar-refractivity contribution in [2.75, 3.05) is 49.4 Å². The molecule has 0 spiro atoms. The smallest absolute Gasteiger partial charge is 0.259 e. The predicted octanol–water partition coefficient (Wildman–Crippen LogP) is 6.64. The number of benzene rings is 3. The number of thiocarbonyl (C=S) groups is 1. The molecule has 3 heterocycles. The summed E-state index contributed by atoms with van der Waals surface area (Å²) in [7, 11) is 0. The van der Waals surface area contributed by atoms with Crippen molar-refractivity contribution in [3.63, 3.8) is 0 Å². The number of ether oxygens (including phenoxy) is 3. The van der Waals surface area contributed by atoms with Gasteiger partial charge < -0.3 is 44.2 Å². The zero-order chi connectivity index (χ0) is 49.2. The van der Waals surface area contributed by atoms with E-state index in [1.54, 1.807) is 49.2 Å². The number of carbonyl (C=O) groups is 4. The third-order valence-corrected chi connectivity index (χ3v) is 12.3. The molecule has 6 rings (SSSR count). The lowest BCUT2D eigenvalue weighted by atomic mass is 9.85. The molecule has 364 valence electrons. The highest BCUT2D eigenvalue weighted by molar-refractivity contribution is 7.81. The Morgan fingerprint density at radius 2 is 1.74 bits per heavy atom. The van der Waals surface area contributed by atoms with Crippen LogP contribution in [0.15, 0.2) is 82.7 Å². The summed E-state index contributed by atoms with van der Waals surface area (Å²) >= 11 is 12.2. The molecule has 2 fully saturated rings. The SMILES string of the molecule is C=NCc1ccc(N2C(=O)C(C)(C)N(c3ccc(OCCCCOCCCOCC(=O)N[C@H](C(=O)N4C[C@H](O)C[C@H]4C(=O)NCc4ccc(-c5cnco5)cc4)C(C)(C)C)c(F)c3)C2=S)cc1Cl. The van der Waals surface area contributed by atoms with Crippen molar-refractivity contribution in [1.82, 2.24) is 20.5 Å². The second kappa shape index (κ2) is 23.0. The van der Waals surface area contributed by atoms with Crippen molar-refractivity contribution in [3.05, 3.63) is 95.2 Å². The summed E-state index contributed by atoms with van der Waals surface area (Å²) in [4.78, 5) is 66.0. The average molecular weight is 977 g/mol. The van der Waals surface area contributed by atoms with Gasteiger partial charge in [0.15, 0.2) is 28.8 Å². The standard InChI is InChI=1S/C49H59ClFN7O9S/c1-48(2,3)43(45(62)56-28-36(59)24-39(56)44(61)54-25-31-10-12-32(13-11-31)41-27-53-30-67-41)55-42(60)29-65-20-9-19-64-18-7-8-21-66-40-17-16-35(23-38(40)51)58-47(68)57(46(63)49(58,4)5)34-15-14-33(26-52-6)37(50)22-34/h10-17,22-23,27,30,36,39,43,59H,6-9,18-21,24-26,28-29H2,1-5H3,(H,54,61)(H,55,60)/t36-,39+,43-/m1/s1. The number of aliphatic hydroxyl groups is 1. The Labute approximate surface area is 406 Å². The lowest BCUT2D eigenvalue weighted by Gasteiger charge is -2.35. The first-order valence-corrected chi connectivity index (χ1v) is 23.2. The molecule has 0 bridgehead atoms. The van der Waals surface area contributed by atoms with Crippen molar-refractivity contribution in [1.29, 1.82) is 0 Å². The second-order valence-corrected chi connectivity index (χ2v) is 19.0. The predicted molar refractivity (Wildman–Crippen MR) is 260 cm³/mol. The molecule has 0 radical (unpaired) electrons. The van der Waals surface area contributed by atoms with E-state index in [-0.39, 0.29) is 56.1 Å². The number of oxazole rings is 1. The van der Waals surface area contributed by atoms with Crippen molar-refractivity contribution in [2.45, 2.75) is 97.1 Å². The third kappa shape index (κ3) is 12.6. The molecule has 3 N–H and O–H groups in total. The number of aliphatic imine (C=N–C) groups is 1. The summed E-state index contributed by atoms with van der Waals surface area (Å²) in [5, 5.41) is 16.8. The molecule has 0 unspecified atom stereocenters. The molecule has 3 atom stereocenters. The highest BCUT2D eigenvalue weighted by Gasteiger charge is 2.50. The van der Waals surface area contributed by atoms with E-state index in [4.69, 9.17) is 42.4 Å². The number of nitrogens with zero attached hydrogens (tertiary/aromatic N) is 5. The van der Waals surface area contributed by atoms with Gasteiger partial charge in [0.05, 0.1) is 31.1 Å². The van der Waals surface area contributed by atoms with E-state index in [9.17, 15) is 24.3 Å². The van der Waals surface area contributed by atoms with Crippen LogP contribution in [0.3, 0.4) is 0 Å². The van der Waals surface area contributed by atoms with Gasteiger partial charge in [0.25, 0.3) is 5.91 Å². The summed E-state index contributed by atoms with van der Waals surface area (Å²) < 4.78 is 37.7. The van der Waals surface area contributed by atoms with Crippen molar-refractivity contribution < 1.29 is 47.3 Å². The van der Waals surface area contributed by atoms with Gasteiger partial charge in [-0.2, -0.15) is 0 Å². The third-order valence-electron chi connectivity index (χ3n) is 11.6. The number of halogens is 2. The van der Waals surface area contributed by atoms with Gasteiger partial charge in [0, 0.05) is 61.7 Å². The molecular weight excluding hydrogens is 917 g/mol. The Balaban J connectivity index is 0.867. The maximum absolute atomic E-state index is 15.3. The van der Waals surface area contributed by atoms with Gasteiger partial charge in [0.1, 0.15) is 24.2 Å². The number of nitrogens with one attached hydrogen (secondary N) is 2. The van der Waals surface area contributed by atoms with E-state index in [0.29, 0.717) is 61.2 Å². The van der Waals surface area contributed by atoms with E-state index in [1.165, 1.54) is 28.3 Å². The quantitative estimate of drug-likeness (QED) is 0.0434. The fourth-order valence-electron chi connectivity index (χ4n) is 7.92. The summed E-state index contributed by atoms with van der Waals surface area (Å²) in [6, 6.07) is 15.2. The minimum absolute atomic E-state index is 0.0385. The molecule has 4 amide bonds. The first-order chi connectivity index (χ1) is 32.4. The largest absolute Gasteiger partial charge is 0.491 e. The zero-order valence-electron chi connectivity index (χ0n) is 39.0. The molecule has 2 saturated heterocycles. The maximum atomic E-state index is 15.3. The Hall–Kier alpha value is -5.79. The molecule has 19 heteroatoms. The van der Waals surface area contributed by atoms with E-state index < -0.39 is 52.7 Å². The van der Waals surface area contributed by atoms with Crippen LogP contribution in [0, 0.1) is 11.2 Å². The number of carbonyl (C=O) groups excluding carboxylic acids is 4. The number of hydrogen-bond donors (Lipinski definition) is 3. The van der Waals surface area contributed by atoms with Gasteiger partial charge in [-0.25, -0.2) is 9.37 Å². The fraction of sp³-hybridized carbons (Fsp3) is 0.449. The number of amides is 4. The van der Waals surface area contributed by atoms with Crippen LogP contribution in [-0.4, -0.2) is 114 Å². The van der Waals surface area contributed by atoms with Crippen LogP contribution in [0.25, 0.3) is 11.3 Å². The van der Waals surface area contributed by atoms with E-state index in [0.717, 1.165) is 16.7 Å². The molecule has 68 heavy (non-hydrogen) atoms. The van der Waals surface area contributed by atoms with Crippen LogP contribution in [0.5, 0.6) is 5.75 Å². The molecule has 0 aliphatic carbocycles. The number of rotatable bonds is 22. The first-order valence-electron chi connectivity index (χ1n) is 22.4.